The van der Waals surface area contributed by atoms with Gasteiger partial charge in [-0.2, -0.15) is 4.98 Å². The van der Waals surface area contributed by atoms with Crippen molar-refractivity contribution in [3.8, 4) is 22.9 Å². The molecule has 0 saturated carbocycles. The third-order valence-electron chi connectivity index (χ3n) is 13.4. The second kappa shape index (κ2) is 11.6. The molecule has 286 valence electrons. The summed E-state index contributed by atoms with van der Waals surface area (Å²) in [5.41, 5.74) is 12.2. The van der Waals surface area contributed by atoms with Crippen LogP contribution in [0.15, 0.2) is 192 Å². The smallest absolute Gasteiger partial charge is 0.238 e. The van der Waals surface area contributed by atoms with E-state index in [0.29, 0.717) is 11.7 Å². The fourth-order valence-corrected chi connectivity index (χ4v) is 10.9. The molecule has 0 aliphatic rings. The minimum Gasteiger partial charge on any atom is -0.437 e. The lowest BCUT2D eigenvalue weighted by Gasteiger charge is -2.12. The first-order valence-corrected chi connectivity index (χ1v) is 21.1. The number of fused-ring (bicyclic) bond motifs is 18. The number of furan rings is 1. The van der Waals surface area contributed by atoms with E-state index in [4.69, 9.17) is 14.4 Å². The summed E-state index contributed by atoms with van der Waals surface area (Å²) in [5, 5.41) is 14.0. The van der Waals surface area contributed by atoms with Crippen molar-refractivity contribution in [1.82, 2.24) is 23.5 Å². The van der Waals surface area contributed by atoms with Crippen molar-refractivity contribution in [2.24, 2.45) is 0 Å². The van der Waals surface area contributed by atoms with Gasteiger partial charge < -0.3 is 13.4 Å². The standard InChI is InChI=1S/C56H31N5O/c1-2-15-34(16-3-1)59-43-22-10-6-18-36(43)38-28-26-33(30-47(38)59)52-50-40-21-9-13-25-48(40)62-55(50)58-56(57-52)61-44-23-11-7-19-37(44)41-31-42-49-35-17-5-4-14-32(35)27-29-46(49)60-45-24-12-8-20-39(45)51(53(41)61)54(42)60/h1-31H. The first-order valence-electron chi connectivity index (χ1n) is 21.1. The number of hydrogen-bond donors (Lipinski definition) is 0. The highest BCUT2D eigenvalue weighted by molar-refractivity contribution is 6.36. The summed E-state index contributed by atoms with van der Waals surface area (Å²) in [6.07, 6.45) is 0. The molecule has 0 aliphatic carbocycles. The van der Waals surface area contributed by atoms with Gasteiger partial charge in [-0.25, -0.2) is 4.98 Å². The van der Waals surface area contributed by atoms with Gasteiger partial charge in [0.2, 0.25) is 11.7 Å². The summed E-state index contributed by atoms with van der Waals surface area (Å²) in [5.74, 6) is 0.564. The van der Waals surface area contributed by atoms with Crippen molar-refractivity contribution in [1.29, 1.82) is 0 Å². The monoisotopic (exact) mass is 789 g/mol. The van der Waals surface area contributed by atoms with Crippen molar-refractivity contribution in [3.05, 3.63) is 188 Å². The third-order valence-corrected chi connectivity index (χ3v) is 13.4. The Kier molecular flexibility index (Phi) is 6.07. The molecule has 0 unspecified atom stereocenters. The fraction of sp³-hybridized carbons (Fsp3) is 0. The number of aromatic nitrogens is 5. The fourth-order valence-electron chi connectivity index (χ4n) is 10.9. The number of nitrogens with zero attached hydrogens (tertiary/aromatic N) is 5. The maximum absolute atomic E-state index is 6.71. The van der Waals surface area contributed by atoms with Crippen LogP contribution in [0.2, 0.25) is 0 Å². The lowest BCUT2D eigenvalue weighted by Crippen LogP contribution is -2.03. The molecule has 0 aliphatic heterocycles. The molecule has 0 bridgehead atoms. The Bertz CT molecular complexity index is 4390. The van der Waals surface area contributed by atoms with Crippen LogP contribution in [-0.4, -0.2) is 23.5 Å². The minimum absolute atomic E-state index is 0.555. The summed E-state index contributed by atoms with van der Waals surface area (Å²) in [6, 6.07) is 67.5. The van der Waals surface area contributed by atoms with Crippen molar-refractivity contribution in [3.63, 3.8) is 0 Å². The quantitative estimate of drug-likeness (QED) is 0.179. The van der Waals surface area contributed by atoms with Crippen LogP contribution in [0.3, 0.4) is 0 Å². The zero-order valence-electron chi connectivity index (χ0n) is 33.0. The van der Waals surface area contributed by atoms with Crippen LogP contribution < -0.4 is 0 Å². The summed E-state index contributed by atoms with van der Waals surface area (Å²) >= 11 is 0. The van der Waals surface area contributed by atoms with Gasteiger partial charge in [-0.3, -0.25) is 4.57 Å². The van der Waals surface area contributed by atoms with Crippen LogP contribution >= 0.6 is 0 Å². The van der Waals surface area contributed by atoms with Crippen LogP contribution in [-0.2, 0) is 0 Å². The SMILES string of the molecule is c1ccc(-n2c3ccccc3c3ccc(-c4nc(-n5c6ccccc6c6cc7c8c9ccccc9ccc8n8c9ccccc9c(c65)c78)nc5oc6ccccc6c45)cc32)cc1. The van der Waals surface area contributed by atoms with E-state index < -0.39 is 0 Å². The van der Waals surface area contributed by atoms with Crippen LogP contribution in [0.4, 0.5) is 0 Å². The van der Waals surface area contributed by atoms with Crippen molar-refractivity contribution in [2.75, 3.05) is 0 Å². The molecule has 62 heavy (non-hydrogen) atoms. The van der Waals surface area contributed by atoms with Gasteiger partial charge in [-0.15, -0.1) is 0 Å². The molecule has 6 heteroatoms. The lowest BCUT2D eigenvalue weighted by atomic mass is 10.00. The summed E-state index contributed by atoms with van der Waals surface area (Å²) in [4.78, 5) is 11.1. The molecular formula is C56H31N5O. The van der Waals surface area contributed by atoms with Gasteiger partial charge >= 0.3 is 0 Å². The highest BCUT2D eigenvalue weighted by Gasteiger charge is 2.27. The maximum atomic E-state index is 6.71. The summed E-state index contributed by atoms with van der Waals surface area (Å²) in [6.45, 7) is 0. The molecule has 6 nitrogen and oxygen atoms in total. The normalized spacial score (nSPS) is 12.5. The molecule has 9 aromatic carbocycles. The van der Waals surface area contributed by atoms with Crippen LogP contribution in [0.1, 0.15) is 0 Å². The average Bonchev–Trinajstić information content (AvgIpc) is 4.13. The van der Waals surface area contributed by atoms with Crippen LogP contribution in [0, 0.1) is 0 Å². The zero-order valence-corrected chi connectivity index (χ0v) is 33.0. The van der Waals surface area contributed by atoms with Crippen molar-refractivity contribution < 1.29 is 4.42 Å². The Balaban J connectivity index is 1.10. The van der Waals surface area contributed by atoms with Crippen LogP contribution in [0.25, 0.3) is 137 Å². The molecule has 15 aromatic rings. The van der Waals surface area contributed by atoms with Gasteiger partial charge in [0.05, 0.1) is 49.7 Å². The molecule has 0 saturated heterocycles. The van der Waals surface area contributed by atoms with Crippen LogP contribution in [0.5, 0.6) is 0 Å². The van der Waals surface area contributed by atoms with E-state index in [1.165, 1.54) is 59.6 Å². The maximum Gasteiger partial charge on any atom is 0.238 e. The van der Waals surface area contributed by atoms with E-state index in [-0.39, 0.29) is 0 Å². The van der Waals surface area contributed by atoms with Crippen molar-refractivity contribution in [2.45, 2.75) is 0 Å². The van der Waals surface area contributed by atoms with E-state index in [2.05, 4.69) is 189 Å². The minimum atomic E-state index is 0.555. The third kappa shape index (κ3) is 4.04. The second-order valence-corrected chi connectivity index (χ2v) is 16.5. The number of benzene rings is 9. The average molecular weight is 790 g/mol. The molecule has 0 amide bonds. The molecule has 15 rings (SSSR count). The number of hydrogen-bond acceptors (Lipinski definition) is 3. The predicted octanol–water partition coefficient (Wildman–Crippen LogP) is 14.5. The molecule has 6 heterocycles. The molecule has 0 N–H and O–H groups in total. The van der Waals surface area contributed by atoms with Gasteiger partial charge in [0.15, 0.2) is 0 Å². The van der Waals surface area contributed by atoms with Gasteiger partial charge in [0, 0.05) is 59.7 Å². The molecule has 6 aromatic heterocycles. The Morgan fingerprint density at radius 3 is 1.87 bits per heavy atom. The largest absolute Gasteiger partial charge is 0.437 e. The molecular weight excluding hydrogens is 759 g/mol. The first-order chi connectivity index (χ1) is 30.8. The highest BCUT2D eigenvalue weighted by Crippen LogP contribution is 2.48. The molecule has 0 spiro atoms. The number of rotatable bonds is 3. The highest BCUT2D eigenvalue weighted by atomic mass is 16.3. The molecule has 0 atom stereocenters. The summed E-state index contributed by atoms with van der Waals surface area (Å²) in [7, 11) is 0. The second-order valence-electron chi connectivity index (χ2n) is 16.5. The van der Waals surface area contributed by atoms with E-state index >= 15 is 0 Å². The predicted molar refractivity (Wildman–Crippen MR) is 256 cm³/mol. The Hall–Kier alpha value is -8.48. The zero-order chi connectivity index (χ0) is 40.2. The van der Waals surface area contributed by atoms with Gasteiger partial charge in [0.1, 0.15) is 5.58 Å². The number of para-hydroxylation sites is 5. The van der Waals surface area contributed by atoms with Crippen molar-refractivity contribution >= 4 is 115 Å². The van der Waals surface area contributed by atoms with Gasteiger partial charge in [-0.05, 0) is 65.4 Å². The Morgan fingerprint density at radius 1 is 0.371 bits per heavy atom. The molecule has 0 fully saturated rings. The van der Waals surface area contributed by atoms with E-state index in [9.17, 15) is 0 Å². The Morgan fingerprint density at radius 2 is 1.03 bits per heavy atom. The summed E-state index contributed by atoms with van der Waals surface area (Å²) < 4.78 is 13.8. The van der Waals surface area contributed by atoms with Gasteiger partial charge in [-0.1, -0.05) is 133 Å². The van der Waals surface area contributed by atoms with Gasteiger partial charge in [0.25, 0.3) is 0 Å². The first kappa shape index (κ1) is 32.4. The lowest BCUT2D eigenvalue weighted by molar-refractivity contribution is 0.651. The van der Waals surface area contributed by atoms with E-state index in [0.717, 1.165) is 66.1 Å². The topological polar surface area (TPSA) is 53.2 Å². The van der Waals surface area contributed by atoms with E-state index in [1.54, 1.807) is 0 Å². The Labute approximate surface area is 352 Å². The van der Waals surface area contributed by atoms with E-state index in [1.807, 2.05) is 12.1 Å². The molecule has 0 radical (unpaired) electrons.